The van der Waals surface area contributed by atoms with Gasteiger partial charge in [0.25, 0.3) is 0 Å². The van der Waals surface area contributed by atoms with Gasteiger partial charge in [-0.3, -0.25) is 9.69 Å². The van der Waals surface area contributed by atoms with Gasteiger partial charge in [0.1, 0.15) is 0 Å². The van der Waals surface area contributed by atoms with E-state index in [1.807, 2.05) is 30.3 Å². The molecule has 1 atom stereocenters. The number of carboxylic acids is 1. The van der Waals surface area contributed by atoms with E-state index in [-0.39, 0.29) is 5.92 Å². The van der Waals surface area contributed by atoms with Crippen molar-refractivity contribution in [2.75, 3.05) is 13.1 Å². The van der Waals surface area contributed by atoms with Gasteiger partial charge in [-0.15, -0.1) is 0 Å². The second-order valence-electron chi connectivity index (χ2n) is 5.40. The summed E-state index contributed by atoms with van der Waals surface area (Å²) in [5, 5.41) is 9.11. The van der Waals surface area contributed by atoms with Gasteiger partial charge in [-0.2, -0.15) is 0 Å². The van der Waals surface area contributed by atoms with Crippen LogP contribution in [-0.4, -0.2) is 34.0 Å². The first-order chi connectivity index (χ1) is 10.2. The molecular formula is C16H18N2O3. The highest BCUT2D eigenvalue weighted by Gasteiger charge is 2.26. The number of carboxylic acid groups (broad SMARTS) is 1. The van der Waals surface area contributed by atoms with Gasteiger partial charge in [0.15, 0.2) is 5.76 Å². The van der Waals surface area contributed by atoms with Gasteiger partial charge >= 0.3 is 5.97 Å². The van der Waals surface area contributed by atoms with Crippen molar-refractivity contribution in [1.29, 1.82) is 0 Å². The summed E-state index contributed by atoms with van der Waals surface area (Å²) in [5.74, 6) is 0.400. The topological polar surface area (TPSA) is 66.6 Å². The SMILES string of the molecule is O=C(O)[C@H]1CCCN(Cc2ncc(-c3ccccc3)o2)C1. The van der Waals surface area contributed by atoms with Crippen molar-refractivity contribution in [3.8, 4) is 11.3 Å². The van der Waals surface area contributed by atoms with Gasteiger partial charge in [0.2, 0.25) is 5.89 Å². The lowest BCUT2D eigenvalue weighted by molar-refractivity contribution is -0.143. The van der Waals surface area contributed by atoms with Crippen molar-refractivity contribution in [1.82, 2.24) is 9.88 Å². The summed E-state index contributed by atoms with van der Waals surface area (Å²) in [5.41, 5.74) is 0.998. The predicted molar refractivity (Wildman–Crippen MR) is 77.6 cm³/mol. The van der Waals surface area contributed by atoms with Crippen LogP contribution >= 0.6 is 0 Å². The first kappa shape index (κ1) is 13.8. The smallest absolute Gasteiger partial charge is 0.307 e. The molecule has 0 aliphatic carbocycles. The Balaban J connectivity index is 1.66. The second kappa shape index (κ2) is 6.10. The van der Waals surface area contributed by atoms with Crippen molar-refractivity contribution >= 4 is 5.97 Å². The standard InChI is InChI=1S/C16H18N2O3/c19-16(20)13-7-4-8-18(10-13)11-15-17-9-14(21-15)12-5-2-1-3-6-12/h1-3,5-6,9,13H,4,7-8,10-11H2,(H,19,20)/t13-/m0/s1. The molecule has 110 valence electrons. The number of hydrogen-bond donors (Lipinski definition) is 1. The number of carbonyl (C=O) groups is 1. The normalized spacial score (nSPS) is 19.5. The van der Waals surface area contributed by atoms with E-state index in [4.69, 9.17) is 9.52 Å². The molecule has 0 amide bonds. The van der Waals surface area contributed by atoms with E-state index in [0.717, 1.165) is 30.7 Å². The molecule has 1 aliphatic heterocycles. The maximum Gasteiger partial charge on any atom is 0.307 e. The van der Waals surface area contributed by atoms with Crippen LogP contribution in [0.25, 0.3) is 11.3 Å². The van der Waals surface area contributed by atoms with Crippen LogP contribution in [0.5, 0.6) is 0 Å². The zero-order valence-corrected chi connectivity index (χ0v) is 11.7. The maximum absolute atomic E-state index is 11.1. The Kier molecular flexibility index (Phi) is 4.01. The molecule has 21 heavy (non-hydrogen) atoms. The minimum atomic E-state index is -0.711. The molecule has 1 N–H and O–H groups in total. The molecule has 3 rings (SSSR count). The Morgan fingerprint density at radius 2 is 2.19 bits per heavy atom. The third-order valence-electron chi connectivity index (χ3n) is 3.83. The number of piperidine rings is 1. The fourth-order valence-corrected chi connectivity index (χ4v) is 2.71. The second-order valence-corrected chi connectivity index (χ2v) is 5.40. The summed E-state index contributed by atoms with van der Waals surface area (Å²) in [4.78, 5) is 17.5. The van der Waals surface area contributed by atoms with Gasteiger partial charge < -0.3 is 9.52 Å². The molecule has 1 aromatic heterocycles. The van der Waals surface area contributed by atoms with Crippen LogP contribution in [0.15, 0.2) is 40.9 Å². The van der Waals surface area contributed by atoms with E-state index in [2.05, 4.69) is 9.88 Å². The van der Waals surface area contributed by atoms with Crippen molar-refractivity contribution < 1.29 is 14.3 Å². The lowest BCUT2D eigenvalue weighted by Gasteiger charge is -2.29. The number of rotatable bonds is 4. The molecule has 2 aromatic rings. The fourth-order valence-electron chi connectivity index (χ4n) is 2.71. The number of likely N-dealkylation sites (tertiary alicyclic amines) is 1. The Morgan fingerprint density at radius 3 is 2.95 bits per heavy atom. The van der Waals surface area contributed by atoms with Gasteiger partial charge in [0, 0.05) is 12.1 Å². The number of aliphatic carboxylic acids is 1. The van der Waals surface area contributed by atoms with E-state index in [9.17, 15) is 4.79 Å². The molecule has 1 saturated heterocycles. The number of nitrogens with zero attached hydrogens (tertiary/aromatic N) is 2. The third-order valence-corrected chi connectivity index (χ3v) is 3.83. The summed E-state index contributed by atoms with van der Waals surface area (Å²) < 4.78 is 5.77. The summed E-state index contributed by atoms with van der Waals surface area (Å²) in [7, 11) is 0. The highest BCUT2D eigenvalue weighted by atomic mass is 16.4. The summed E-state index contributed by atoms with van der Waals surface area (Å²) in [6, 6.07) is 9.83. The van der Waals surface area contributed by atoms with Crippen LogP contribution in [0.2, 0.25) is 0 Å². The molecule has 1 aromatic carbocycles. The van der Waals surface area contributed by atoms with E-state index in [1.165, 1.54) is 0 Å². The lowest BCUT2D eigenvalue weighted by Crippen LogP contribution is -2.38. The first-order valence-electron chi connectivity index (χ1n) is 7.17. The molecule has 5 heteroatoms. The molecule has 0 saturated carbocycles. The fraction of sp³-hybridized carbons (Fsp3) is 0.375. The van der Waals surface area contributed by atoms with Crippen molar-refractivity contribution in [2.24, 2.45) is 5.92 Å². The highest BCUT2D eigenvalue weighted by molar-refractivity contribution is 5.70. The monoisotopic (exact) mass is 286 g/mol. The van der Waals surface area contributed by atoms with Crippen LogP contribution in [-0.2, 0) is 11.3 Å². The molecule has 0 bridgehead atoms. The summed E-state index contributed by atoms with van der Waals surface area (Å²) in [6.07, 6.45) is 3.39. The van der Waals surface area contributed by atoms with Crippen LogP contribution in [0.4, 0.5) is 0 Å². The third kappa shape index (κ3) is 3.31. The van der Waals surface area contributed by atoms with Gasteiger partial charge in [0.05, 0.1) is 18.7 Å². The molecule has 1 fully saturated rings. The van der Waals surface area contributed by atoms with Crippen molar-refractivity contribution in [3.05, 3.63) is 42.4 Å². The van der Waals surface area contributed by atoms with E-state index in [0.29, 0.717) is 19.0 Å². The number of oxazole rings is 1. The van der Waals surface area contributed by atoms with Crippen LogP contribution in [0.3, 0.4) is 0 Å². The Hall–Kier alpha value is -2.14. The maximum atomic E-state index is 11.1. The van der Waals surface area contributed by atoms with Gasteiger partial charge in [-0.05, 0) is 19.4 Å². The highest BCUT2D eigenvalue weighted by Crippen LogP contribution is 2.22. The number of benzene rings is 1. The summed E-state index contributed by atoms with van der Waals surface area (Å²) in [6.45, 7) is 2.03. The molecule has 1 aliphatic rings. The Bertz CT molecular complexity index is 609. The van der Waals surface area contributed by atoms with Crippen molar-refractivity contribution in [3.63, 3.8) is 0 Å². The average molecular weight is 286 g/mol. The largest absolute Gasteiger partial charge is 0.481 e. The summed E-state index contributed by atoms with van der Waals surface area (Å²) >= 11 is 0. The minimum absolute atomic E-state index is 0.276. The van der Waals surface area contributed by atoms with E-state index < -0.39 is 5.97 Å². The van der Waals surface area contributed by atoms with Crippen LogP contribution in [0.1, 0.15) is 18.7 Å². The first-order valence-corrected chi connectivity index (χ1v) is 7.17. The average Bonchev–Trinajstić information content (AvgIpc) is 2.97. The molecule has 0 spiro atoms. The Labute approximate surface area is 123 Å². The zero-order chi connectivity index (χ0) is 14.7. The Morgan fingerprint density at radius 1 is 1.38 bits per heavy atom. The van der Waals surface area contributed by atoms with E-state index >= 15 is 0 Å². The van der Waals surface area contributed by atoms with Crippen LogP contribution < -0.4 is 0 Å². The van der Waals surface area contributed by atoms with E-state index in [1.54, 1.807) is 6.20 Å². The molecular weight excluding hydrogens is 268 g/mol. The number of hydrogen-bond acceptors (Lipinski definition) is 4. The molecule has 0 radical (unpaired) electrons. The number of aromatic nitrogens is 1. The van der Waals surface area contributed by atoms with Crippen molar-refractivity contribution in [2.45, 2.75) is 19.4 Å². The molecule has 0 unspecified atom stereocenters. The predicted octanol–water partition coefficient (Wildman–Crippen LogP) is 2.64. The lowest BCUT2D eigenvalue weighted by atomic mass is 9.98. The molecule has 2 heterocycles. The van der Waals surface area contributed by atoms with Gasteiger partial charge in [-0.1, -0.05) is 30.3 Å². The quantitative estimate of drug-likeness (QED) is 0.936. The molecule has 5 nitrogen and oxygen atoms in total. The minimum Gasteiger partial charge on any atom is -0.481 e. The van der Waals surface area contributed by atoms with Crippen LogP contribution in [0, 0.1) is 5.92 Å². The zero-order valence-electron chi connectivity index (χ0n) is 11.7. The van der Waals surface area contributed by atoms with Gasteiger partial charge in [-0.25, -0.2) is 4.98 Å².